The van der Waals surface area contributed by atoms with Crippen LogP contribution in [0, 0.1) is 0 Å². The molecule has 1 aromatic rings. The van der Waals surface area contributed by atoms with Crippen LogP contribution >= 0.6 is 0 Å². The lowest BCUT2D eigenvalue weighted by Gasteiger charge is -2.35. The molecule has 1 aliphatic heterocycles. The molecular formula is C21H30N2O4S. The van der Waals surface area contributed by atoms with Crippen molar-refractivity contribution in [1.29, 1.82) is 0 Å². The SMILES string of the molecule is CC(C)(C)c1ccc2c(c1)N(S(C)(=O)=O)CC(C(=O)NCC1=CCCCC1)O2. The van der Waals surface area contributed by atoms with Crippen molar-refractivity contribution in [2.75, 3.05) is 23.7 Å². The molecule has 0 spiro atoms. The standard InChI is InChI=1S/C21H30N2O4S/c1-21(2,3)16-10-11-18-17(12-16)23(28(4,25)26)14-19(27-18)20(24)22-13-15-8-6-5-7-9-15/h8,10-12,19H,5-7,9,13-14H2,1-4H3,(H,22,24). The molecule has 7 heteroatoms. The van der Waals surface area contributed by atoms with Gasteiger partial charge in [0.25, 0.3) is 5.91 Å². The molecule has 6 nitrogen and oxygen atoms in total. The first-order valence-electron chi connectivity index (χ1n) is 9.80. The van der Waals surface area contributed by atoms with Gasteiger partial charge in [-0.15, -0.1) is 0 Å². The molecule has 0 saturated heterocycles. The first-order chi connectivity index (χ1) is 13.1. The van der Waals surface area contributed by atoms with Crippen LogP contribution in [0.25, 0.3) is 0 Å². The third kappa shape index (κ3) is 4.69. The van der Waals surface area contributed by atoms with Gasteiger partial charge in [-0.05, 0) is 48.8 Å². The number of anilines is 1. The molecule has 3 rings (SSSR count). The highest BCUT2D eigenvalue weighted by Crippen LogP contribution is 2.38. The number of hydrogen-bond acceptors (Lipinski definition) is 4. The van der Waals surface area contributed by atoms with Crippen LogP contribution in [-0.4, -0.2) is 39.8 Å². The van der Waals surface area contributed by atoms with Crippen molar-refractivity contribution in [1.82, 2.24) is 5.32 Å². The highest BCUT2D eigenvalue weighted by Gasteiger charge is 2.35. The Hall–Kier alpha value is -2.02. The Bertz CT molecular complexity index is 884. The van der Waals surface area contributed by atoms with Crippen LogP contribution in [0.4, 0.5) is 5.69 Å². The number of rotatable bonds is 4. The Morgan fingerprint density at radius 2 is 2.04 bits per heavy atom. The zero-order valence-corrected chi connectivity index (χ0v) is 17.9. The lowest BCUT2D eigenvalue weighted by atomic mass is 9.86. The second kappa shape index (κ2) is 7.78. The van der Waals surface area contributed by atoms with Gasteiger partial charge in [-0.25, -0.2) is 8.42 Å². The fraction of sp³-hybridized carbons (Fsp3) is 0.571. The molecule has 1 aromatic carbocycles. The summed E-state index contributed by atoms with van der Waals surface area (Å²) in [6, 6.07) is 5.53. The average molecular weight is 407 g/mol. The Labute approximate surface area is 168 Å². The summed E-state index contributed by atoms with van der Waals surface area (Å²) in [5.74, 6) is 0.132. The molecule has 0 bridgehead atoms. The van der Waals surface area contributed by atoms with Crippen LogP contribution in [0.15, 0.2) is 29.8 Å². The minimum Gasteiger partial charge on any atom is -0.476 e. The summed E-state index contributed by atoms with van der Waals surface area (Å²) in [5.41, 5.74) is 2.61. The lowest BCUT2D eigenvalue weighted by Crippen LogP contribution is -2.50. The molecule has 1 heterocycles. The third-order valence-corrected chi connectivity index (χ3v) is 6.41. The van der Waals surface area contributed by atoms with Gasteiger partial charge in [0, 0.05) is 6.54 Å². The maximum Gasteiger partial charge on any atom is 0.263 e. The quantitative estimate of drug-likeness (QED) is 0.780. The fourth-order valence-corrected chi connectivity index (χ4v) is 4.45. The number of carbonyl (C=O) groups excluding carboxylic acids is 1. The van der Waals surface area contributed by atoms with E-state index in [1.165, 1.54) is 16.3 Å². The fourth-order valence-electron chi connectivity index (χ4n) is 3.55. The summed E-state index contributed by atoms with van der Waals surface area (Å²) >= 11 is 0. The minimum atomic E-state index is -3.54. The molecule has 0 aromatic heterocycles. The van der Waals surface area contributed by atoms with E-state index < -0.39 is 16.1 Å². The molecule has 0 radical (unpaired) electrons. The number of carbonyl (C=O) groups is 1. The Morgan fingerprint density at radius 3 is 2.64 bits per heavy atom. The van der Waals surface area contributed by atoms with Crippen LogP contribution in [0.2, 0.25) is 0 Å². The molecule has 1 N–H and O–H groups in total. The second-order valence-corrected chi connectivity index (χ2v) is 10.6. The summed E-state index contributed by atoms with van der Waals surface area (Å²) in [5, 5.41) is 2.91. The third-order valence-electron chi connectivity index (χ3n) is 5.26. The van der Waals surface area contributed by atoms with E-state index in [0.29, 0.717) is 18.0 Å². The predicted molar refractivity (Wildman–Crippen MR) is 111 cm³/mol. The number of amides is 1. The normalized spacial score (nSPS) is 20.1. The van der Waals surface area contributed by atoms with Crippen molar-refractivity contribution in [3.63, 3.8) is 0 Å². The first kappa shape index (κ1) is 20.7. The number of benzene rings is 1. The molecule has 1 aliphatic carbocycles. The summed E-state index contributed by atoms with van der Waals surface area (Å²) in [4.78, 5) is 12.7. The number of nitrogens with zero attached hydrogens (tertiary/aromatic N) is 1. The van der Waals surface area contributed by atoms with Gasteiger partial charge in [0.1, 0.15) is 5.75 Å². The van der Waals surface area contributed by atoms with E-state index >= 15 is 0 Å². The van der Waals surface area contributed by atoms with Gasteiger partial charge in [0.05, 0.1) is 18.5 Å². The summed E-state index contributed by atoms with van der Waals surface area (Å²) < 4.78 is 32.0. The largest absolute Gasteiger partial charge is 0.476 e. The van der Waals surface area contributed by atoms with Gasteiger partial charge in [-0.1, -0.05) is 38.5 Å². The maximum absolute atomic E-state index is 12.7. The van der Waals surface area contributed by atoms with E-state index in [2.05, 4.69) is 32.2 Å². The Kier molecular flexibility index (Phi) is 5.75. The average Bonchev–Trinajstić information content (AvgIpc) is 2.64. The van der Waals surface area contributed by atoms with Crippen LogP contribution in [-0.2, 0) is 20.2 Å². The van der Waals surface area contributed by atoms with Crippen molar-refractivity contribution >= 4 is 21.6 Å². The van der Waals surface area contributed by atoms with E-state index in [1.54, 1.807) is 6.07 Å². The molecule has 0 fully saturated rings. The molecule has 1 unspecified atom stereocenters. The second-order valence-electron chi connectivity index (χ2n) is 8.66. The van der Waals surface area contributed by atoms with Gasteiger partial charge in [0.15, 0.2) is 6.10 Å². The van der Waals surface area contributed by atoms with E-state index in [9.17, 15) is 13.2 Å². The Balaban J connectivity index is 1.82. The van der Waals surface area contributed by atoms with E-state index in [4.69, 9.17) is 4.74 Å². The van der Waals surface area contributed by atoms with E-state index in [1.807, 2.05) is 12.1 Å². The molecule has 1 amide bonds. The Morgan fingerprint density at radius 1 is 1.29 bits per heavy atom. The van der Waals surface area contributed by atoms with Crippen LogP contribution in [0.5, 0.6) is 5.75 Å². The van der Waals surface area contributed by atoms with Gasteiger partial charge in [-0.3, -0.25) is 9.10 Å². The van der Waals surface area contributed by atoms with Crippen LogP contribution in [0.3, 0.4) is 0 Å². The summed E-state index contributed by atoms with van der Waals surface area (Å²) in [7, 11) is -3.54. The molecular weight excluding hydrogens is 376 g/mol. The van der Waals surface area contributed by atoms with Crippen molar-refractivity contribution in [3.8, 4) is 5.75 Å². The number of hydrogen-bond donors (Lipinski definition) is 1. The van der Waals surface area contributed by atoms with Gasteiger partial charge in [0.2, 0.25) is 10.0 Å². The minimum absolute atomic E-state index is 0.0235. The zero-order valence-electron chi connectivity index (χ0n) is 17.1. The van der Waals surface area contributed by atoms with Crippen LogP contribution in [0.1, 0.15) is 52.0 Å². The highest BCUT2D eigenvalue weighted by molar-refractivity contribution is 7.92. The zero-order chi connectivity index (χ0) is 20.5. The topological polar surface area (TPSA) is 75.7 Å². The van der Waals surface area contributed by atoms with Crippen LogP contribution < -0.4 is 14.4 Å². The smallest absolute Gasteiger partial charge is 0.263 e. The number of sulfonamides is 1. The molecule has 2 aliphatic rings. The van der Waals surface area contributed by atoms with Gasteiger partial charge in [-0.2, -0.15) is 0 Å². The molecule has 154 valence electrons. The first-order valence-corrected chi connectivity index (χ1v) is 11.6. The van der Waals surface area contributed by atoms with E-state index in [0.717, 1.165) is 31.1 Å². The van der Waals surface area contributed by atoms with E-state index in [-0.39, 0.29) is 17.9 Å². The predicted octanol–water partition coefficient (Wildman–Crippen LogP) is 3.13. The van der Waals surface area contributed by atoms with Crippen molar-refractivity contribution < 1.29 is 17.9 Å². The van der Waals surface area contributed by atoms with Crippen molar-refractivity contribution in [3.05, 3.63) is 35.4 Å². The number of fused-ring (bicyclic) bond motifs is 1. The molecule has 1 atom stereocenters. The molecule has 28 heavy (non-hydrogen) atoms. The van der Waals surface area contributed by atoms with Gasteiger partial charge < -0.3 is 10.1 Å². The number of nitrogens with one attached hydrogen (secondary N) is 1. The number of allylic oxidation sites excluding steroid dienone is 1. The highest BCUT2D eigenvalue weighted by atomic mass is 32.2. The maximum atomic E-state index is 12.7. The monoisotopic (exact) mass is 406 g/mol. The summed E-state index contributed by atoms with van der Waals surface area (Å²) in [6.45, 7) is 6.68. The lowest BCUT2D eigenvalue weighted by molar-refractivity contribution is -0.127. The summed E-state index contributed by atoms with van der Waals surface area (Å²) in [6.07, 6.45) is 6.86. The van der Waals surface area contributed by atoms with Crippen molar-refractivity contribution in [2.45, 2.75) is 58.0 Å². The van der Waals surface area contributed by atoms with Gasteiger partial charge >= 0.3 is 0 Å². The molecule has 0 saturated carbocycles. The number of ether oxygens (including phenoxy) is 1. The van der Waals surface area contributed by atoms with Crippen molar-refractivity contribution in [2.24, 2.45) is 0 Å².